The zero-order valence-electron chi connectivity index (χ0n) is 12.9. The molecule has 0 N–H and O–H groups in total. The number of aryl methyl sites for hydroxylation is 1. The van der Waals surface area contributed by atoms with Crippen LogP contribution in [0, 0.1) is 6.92 Å². The lowest BCUT2D eigenvalue weighted by molar-refractivity contribution is 0.0470. The lowest BCUT2D eigenvalue weighted by Gasteiger charge is -2.43. The average Bonchev–Trinajstić information content (AvgIpc) is 3.02. The molecule has 3 rings (SSSR count). The molecular formula is C18H25NOS. The van der Waals surface area contributed by atoms with Crippen LogP contribution in [0.1, 0.15) is 60.9 Å². The molecule has 0 amide bonds. The van der Waals surface area contributed by atoms with E-state index >= 15 is 0 Å². The predicted molar refractivity (Wildman–Crippen MR) is 89.4 cm³/mol. The molecule has 0 aromatic heterocycles. The standard InChI is InChI=1S/C18H25NOS/c1-14-7-8-15(16(21)13-14)17(20)18(9-3-2-4-10-18)19-11-5-6-12-19/h7-8,13,21H,2-6,9-12H2,1H3. The number of hydrogen-bond acceptors (Lipinski definition) is 3. The summed E-state index contributed by atoms with van der Waals surface area (Å²) in [6.45, 7) is 4.21. The maximum atomic E-state index is 13.4. The summed E-state index contributed by atoms with van der Waals surface area (Å²) in [5.41, 5.74) is 1.73. The summed E-state index contributed by atoms with van der Waals surface area (Å²) in [6, 6.07) is 6.02. The molecule has 1 aliphatic carbocycles. The van der Waals surface area contributed by atoms with Crippen LogP contribution in [0.5, 0.6) is 0 Å². The van der Waals surface area contributed by atoms with Crippen LogP contribution in [0.2, 0.25) is 0 Å². The van der Waals surface area contributed by atoms with E-state index in [9.17, 15) is 4.79 Å². The van der Waals surface area contributed by atoms with Crippen LogP contribution in [0.25, 0.3) is 0 Å². The molecule has 2 fully saturated rings. The molecule has 0 bridgehead atoms. The zero-order valence-corrected chi connectivity index (χ0v) is 13.8. The van der Waals surface area contributed by atoms with Gasteiger partial charge in [-0.2, -0.15) is 0 Å². The quantitative estimate of drug-likeness (QED) is 0.665. The van der Waals surface area contributed by atoms with Gasteiger partial charge in [0.25, 0.3) is 0 Å². The minimum Gasteiger partial charge on any atom is -0.292 e. The van der Waals surface area contributed by atoms with Gasteiger partial charge in [-0.3, -0.25) is 9.69 Å². The third kappa shape index (κ3) is 2.78. The first-order valence-corrected chi connectivity index (χ1v) is 8.68. The van der Waals surface area contributed by atoms with Crippen molar-refractivity contribution < 1.29 is 4.79 Å². The van der Waals surface area contributed by atoms with Gasteiger partial charge in [0.15, 0.2) is 5.78 Å². The molecule has 0 atom stereocenters. The molecule has 2 nitrogen and oxygen atoms in total. The molecule has 3 heteroatoms. The summed E-state index contributed by atoms with van der Waals surface area (Å²) in [7, 11) is 0. The van der Waals surface area contributed by atoms with E-state index in [-0.39, 0.29) is 5.54 Å². The highest BCUT2D eigenvalue weighted by molar-refractivity contribution is 7.80. The van der Waals surface area contributed by atoms with Crippen molar-refractivity contribution in [3.63, 3.8) is 0 Å². The van der Waals surface area contributed by atoms with Crippen LogP contribution >= 0.6 is 12.6 Å². The lowest BCUT2D eigenvalue weighted by Crippen LogP contribution is -2.54. The van der Waals surface area contributed by atoms with Gasteiger partial charge in [-0.05, 0) is 63.4 Å². The Balaban J connectivity index is 1.97. The van der Waals surface area contributed by atoms with Crippen molar-refractivity contribution in [2.45, 2.75) is 62.3 Å². The van der Waals surface area contributed by atoms with E-state index in [0.717, 1.165) is 42.0 Å². The van der Waals surface area contributed by atoms with E-state index in [0.29, 0.717) is 5.78 Å². The Morgan fingerprint density at radius 3 is 2.38 bits per heavy atom. The number of rotatable bonds is 3. The van der Waals surface area contributed by atoms with Crippen LogP contribution in [0.4, 0.5) is 0 Å². The van der Waals surface area contributed by atoms with Gasteiger partial charge < -0.3 is 0 Å². The van der Waals surface area contributed by atoms with Gasteiger partial charge in [0.1, 0.15) is 0 Å². The summed E-state index contributed by atoms with van der Waals surface area (Å²) in [4.78, 5) is 16.7. The molecular weight excluding hydrogens is 278 g/mol. The van der Waals surface area contributed by atoms with Crippen LogP contribution in [-0.4, -0.2) is 29.3 Å². The zero-order chi connectivity index (χ0) is 14.9. The largest absolute Gasteiger partial charge is 0.292 e. The molecule has 114 valence electrons. The van der Waals surface area contributed by atoms with Crippen molar-refractivity contribution >= 4 is 18.4 Å². The smallest absolute Gasteiger partial charge is 0.184 e. The van der Waals surface area contributed by atoms with Crippen molar-refractivity contribution in [3.05, 3.63) is 29.3 Å². The van der Waals surface area contributed by atoms with E-state index in [4.69, 9.17) is 0 Å². The van der Waals surface area contributed by atoms with E-state index in [1.807, 2.05) is 25.1 Å². The molecule has 1 saturated heterocycles. The second-order valence-corrected chi connectivity index (χ2v) is 7.12. The number of likely N-dealkylation sites (tertiary alicyclic amines) is 1. The van der Waals surface area contributed by atoms with Gasteiger partial charge >= 0.3 is 0 Å². The monoisotopic (exact) mass is 303 g/mol. The van der Waals surface area contributed by atoms with Crippen molar-refractivity contribution in [2.24, 2.45) is 0 Å². The SMILES string of the molecule is Cc1ccc(C(=O)C2(N3CCCC3)CCCCC2)c(S)c1. The number of carbonyl (C=O) groups is 1. The normalized spacial score (nSPS) is 22.4. The fourth-order valence-corrected chi connectivity index (χ4v) is 4.43. The number of ketones is 1. The summed E-state index contributed by atoms with van der Waals surface area (Å²) in [6.07, 6.45) is 8.13. The van der Waals surface area contributed by atoms with Gasteiger partial charge in [-0.1, -0.05) is 25.3 Å². The van der Waals surface area contributed by atoms with Gasteiger partial charge in [-0.15, -0.1) is 12.6 Å². The number of Topliss-reactive ketones (excluding diaryl/α,β-unsaturated/α-hetero) is 1. The number of benzene rings is 1. The first-order valence-electron chi connectivity index (χ1n) is 8.23. The summed E-state index contributed by atoms with van der Waals surface area (Å²) in [5.74, 6) is 0.314. The molecule has 21 heavy (non-hydrogen) atoms. The van der Waals surface area contributed by atoms with Crippen LogP contribution in [0.15, 0.2) is 23.1 Å². The van der Waals surface area contributed by atoms with E-state index in [1.54, 1.807) is 0 Å². The first kappa shape index (κ1) is 15.1. The molecule has 1 aliphatic heterocycles. The van der Waals surface area contributed by atoms with Gasteiger partial charge in [0, 0.05) is 10.5 Å². The Bertz CT molecular complexity index is 528. The van der Waals surface area contributed by atoms with E-state index in [2.05, 4.69) is 17.5 Å². The van der Waals surface area contributed by atoms with E-state index < -0.39 is 0 Å². The van der Waals surface area contributed by atoms with Crippen LogP contribution in [-0.2, 0) is 0 Å². The minimum absolute atomic E-state index is 0.249. The molecule has 1 saturated carbocycles. The number of thiol groups is 1. The summed E-state index contributed by atoms with van der Waals surface area (Å²) < 4.78 is 0. The predicted octanol–water partition coefficient (Wildman–Crippen LogP) is 4.27. The van der Waals surface area contributed by atoms with Crippen LogP contribution in [0.3, 0.4) is 0 Å². The highest BCUT2D eigenvalue weighted by Crippen LogP contribution is 2.39. The molecule has 1 aromatic rings. The van der Waals surface area contributed by atoms with Gasteiger partial charge in [-0.25, -0.2) is 0 Å². The maximum absolute atomic E-state index is 13.4. The summed E-state index contributed by atoms with van der Waals surface area (Å²) in [5, 5.41) is 0. The second-order valence-electron chi connectivity index (χ2n) is 6.64. The second kappa shape index (κ2) is 6.13. The molecule has 0 radical (unpaired) electrons. The van der Waals surface area contributed by atoms with Crippen molar-refractivity contribution in [1.29, 1.82) is 0 Å². The van der Waals surface area contributed by atoms with Gasteiger partial charge in [0.05, 0.1) is 5.54 Å². The topological polar surface area (TPSA) is 20.3 Å². The number of hydrogen-bond donors (Lipinski definition) is 1. The van der Waals surface area contributed by atoms with E-state index in [1.165, 1.54) is 32.1 Å². The minimum atomic E-state index is -0.249. The summed E-state index contributed by atoms with van der Waals surface area (Å²) >= 11 is 4.57. The maximum Gasteiger partial charge on any atom is 0.184 e. The molecule has 0 spiro atoms. The van der Waals surface area contributed by atoms with Crippen molar-refractivity contribution in [1.82, 2.24) is 4.90 Å². The fraction of sp³-hybridized carbons (Fsp3) is 0.611. The first-order chi connectivity index (χ1) is 10.1. The number of nitrogens with zero attached hydrogens (tertiary/aromatic N) is 1. The highest BCUT2D eigenvalue weighted by atomic mass is 32.1. The molecule has 2 aliphatic rings. The average molecular weight is 303 g/mol. The Kier molecular flexibility index (Phi) is 4.41. The molecule has 1 aromatic carbocycles. The Labute approximate surface area is 133 Å². The number of carbonyl (C=O) groups excluding carboxylic acids is 1. The van der Waals surface area contributed by atoms with Crippen molar-refractivity contribution in [2.75, 3.05) is 13.1 Å². The Morgan fingerprint density at radius 1 is 1.10 bits per heavy atom. The molecule has 1 heterocycles. The third-order valence-corrected chi connectivity index (χ3v) is 5.58. The highest BCUT2D eigenvalue weighted by Gasteiger charge is 2.45. The fourth-order valence-electron chi connectivity index (χ4n) is 4.05. The Morgan fingerprint density at radius 2 is 1.76 bits per heavy atom. The Hall–Kier alpha value is -0.800. The molecule has 0 unspecified atom stereocenters. The lowest BCUT2D eigenvalue weighted by atomic mass is 9.75. The van der Waals surface area contributed by atoms with Crippen LogP contribution < -0.4 is 0 Å². The van der Waals surface area contributed by atoms with Gasteiger partial charge in [0.2, 0.25) is 0 Å². The van der Waals surface area contributed by atoms with Crippen molar-refractivity contribution in [3.8, 4) is 0 Å². The third-order valence-electron chi connectivity index (χ3n) is 5.21.